The first-order valence-electron chi connectivity index (χ1n) is 8.96. The van der Waals surface area contributed by atoms with Gasteiger partial charge in [-0.05, 0) is 37.1 Å². The molecule has 1 N–H and O–H groups in total. The van der Waals surface area contributed by atoms with Crippen LogP contribution in [-0.2, 0) is 4.79 Å². The largest absolute Gasteiger partial charge is 0.497 e. The second kappa shape index (κ2) is 9.64. The van der Waals surface area contributed by atoms with Gasteiger partial charge in [0, 0.05) is 13.1 Å². The lowest BCUT2D eigenvalue weighted by Gasteiger charge is -2.32. The summed E-state index contributed by atoms with van der Waals surface area (Å²) in [5.41, 5.74) is 1.18. The van der Waals surface area contributed by atoms with Crippen LogP contribution >= 0.6 is 0 Å². The molecule has 134 valence electrons. The van der Waals surface area contributed by atoms with Crippen LogP contribution in [0.25, 0.3) is 0 Å². The Labute approximate surface area is 145 Å². The summed E-state index contributed by atoms with van der Waals surface area (Å²) in [6.45, 7) is 4.61. The Balaban J connectivity index is 2.14. The fourth-order valence-electron chi connectivity index (χ4n) is 3.35. The average Bonchev–Trinajstić information content (AvgIpc) is 2.87. The van der Waals surface area contributed by atoms with E-state index in [1.165, 1.54) is 12.0 Å². The van der Waals surface area contributed by atoms with Crippen molar-refractivity contribution in [1.29, 1.82) is 0 Å². The van der Waals surface area contributed by atoms with E-state index in [1.54, 1.807) is 7.11 Å². The molecule has 1 atom stereocenters. The molecule has 0 spiro atoms. The number of ether oxygens (including phenoxy) is 1. The number of aliphatic hydroxyl groups is 1. The second-order valence-electron chi connectivity index (χ2n) is 6.32. The van der Waals surface area contributed by atoms with Crippen molar-refractivity contribution in [2.24, 2.45) is 0 Å². The number of carbonyl (C=O) groups excluding carboxylic acids is 1. The number of hydrogen-bond acceptors (Lipinski definition) is 4. The maximum Gasteiger partial charge on any atom is 0.237 e. The first-order chi connectivity index (χ1) is 11.7. The van der Waals surface area contributed by atoms with Crippen LogP contribution in [0.4, 0.5) is 0 Å². The predicted octanol–water partition coefficient (Wildman–Crippen LogP) is 2.45. The maximum absolute atomic E-state index is 12.9. The molecule has 0 saturated carbocycles. The van der Waals surface area contributed by atoms with Gasteiger partial charge in [0.1, 0.15) is 5.75 Å². The van der Waals surface area contributed by atoms with Crippen molar-refractivity contribution in [1.82, 2.24) is 9.80 Å². The summed E-state index contributed by atoms with van der Waals surface area (Å²) in [7, 11) is 1.66. The van der Waals surface area contributed by atoms with Crippen LogP contribution in [0.5, 0.6) is 5.75 Å². The molecule has 1 aromatic carbocycles. The highest BCUT2D eigenvalue weighted by Crippen LogP contribution is 2.31. The molecule has 1 aromatic rings. The van der Waals surface area contributed by atoms with Gasteiger partial charge in [-0.3, -0.25) is 9.69 Å². The van der Waals surface area contributed by atoms with Gasteiger partial charge in [-0.25, -0.2) is 0 Å². The Morgan fingerprint density at radius 3 is 2.67 bits per heavy atom. The summed E-state index contributed by atoms with van der Waals surface area (Å²) < 4.78 is 5.24. The summed E-state index contributed by atoms with van der Waals surface area (Å²) in [5, 5.41) is 9.14. The molecule has 24 heavy (non-hydrogen) atoms. The number of carbonyl (C=O) groups is 1. The van der Waals surface area contributed by atoms with E-state index in [9.17, 15) is 4.79 Å². The van der Waals surface area contributed by atoms with E-state index in [4.69, 9.17) is 9.84 Å². The lowest BCUT2D eigenvalue weighted by atomic mass is 10.0. The minimum absolute atomic E-state index is 0.0863. The minimum Gasteiger partial charge on any atom is -0.497 e. The molecule has 5 heteroatoms. The summed E-state index contributed by atoms with van der Waals surface area (Å²) in [6, 6.07) is 8.21. The number of likely N-dealkylation sites (N-methyl/N-ethyl adjacent to an activating group) is 1. The zero-order valence-electron chi connectivity index (χ0n) is 14.9. The third-order valence-electron chi connectivity index (χ3n) is 4.80. The van der Waals surface area contributed by atoms with E-state index >= 15 is 0 Å². The Hall–Kier alpha value is -1.59. The van der Waals surface area contributed by atoms with E-state index < -0.39 is 0 Å². The standard InChI is InChI=1S/C19H30N2O3/c1-3-20(13-14-22)15-19(23)21-12-6-4-5-7-18(21)16-8-10-17(24-2)11-9-16/h8-11,18,22H,3-7,12-15H2,1-2H3. The van der Waals surface area contributed by atoms with Crippen LogP contribution in [-0.4, -0.2) is 60.7 Å². The van der Waals surface area contributed by atoms with Gasteiger partial charge in [0.15, 0.2) is 0 Å². The Morgan fingerprint density at radius 2 is 2.04 bits per heavy atom. The van der Waals surface area contributed by atoms with Crippen molar-refractivity contribution < 1.29 is 14.6 Å². The number of aliphatic hydroxyl groups excluding tert-OH is 1. The average molecular weight is 334 g/mol. The summed E-state index contributed by atoms with van der Waals surface area (Å²) in [5.74, 6) is 0.998. The van der Waals surface area contributed by atoms with Crippen LogP contribution in [0, 0.1) is 0 Å². The molecule has 1 amide bonds. The lowest BCUT2D eigenvalue weighted by Crippen LogP contribution is -2.43. The highest BCUT2D eigenvalue weighted by molar-refractivity contribution is 5.78. The number of hydrogen-bond donors (Lipinski definition) is 1. The summed E-state index contributed by atoms with van der Waals surface area (Å²) in [4.78, 5) is 16.9. The molecular weight excluding hydrogens is 304 g/mol. The van der Waals surface area contributed by atoms with Crippen LogP contribution in [0.1, 0.15) is 44.2 Å². The van der Waals surface area contributed by atoms with Gasteiger partial charge in [-0.2, -0.15) is 0 Å². The van der Waals surface area contributed by atoms with E-state index in [2.05, 4.69) is 12.1 Å². The van der Waals surface area contributed by atoms with Crippen LogP contribution < -0.4 is 4.74 Å². The molecule has 1 fully saturated rings. The number of methoxy groups -OCH3 is 1. The molecule has 0 bridgehead atoms. The SMILES string of the molecule is CCN(CCO)CC(=O)N1CCCCCC1c1ccc(OC)cc1. The van der Waals surface area contributed by atoms with Crippen molar-refractivity contribution in [3.8, 4) is 5.75 Å². The molecule has 1 unspecified atom stereocenters. The van der Waals surface area contributed by atoms with Gasteiger partial charge in [0.05, 0.1) is 26.3 Å². The zero-order chi connectivity index (χ0) is 17.4. The van der Waals surface area contributed by atoms with E-state index in [1.807, 2.05) is 28.9 Å². The van der Waals surface area contributed by atoms with E-state index in [0.29, 0.717) is 13.1 Å². The normalized spacial score (nSPS) is 18.5. The van der Waals surface area contributed by atoms with Crippen LogP contribution in [0.15, 0.2) is 24.3 Å². The van der Waals surface area contributed by atoms with Gasteiger partial charge >= 0.3 is 0 Å². The van der Waals surface area contributed by atoms with Gasteiger partial charge in [-0.1, -0.05) is 31.9 Å². The van der Waals surface area contributed by atoms with Gasteiger partial charge < -0.3 is 14.7 Å². The fourth-order valence-corrected chi connectivity index (χ4v) is 3.35. The quantitative estimate of drug-likeness (QED) is 0.832. The molecule has 5 nitrogen and oxygen atoms in total. The molecule has 2 rings (SSSR count). The Morgan fingerprint density at radius 1 is 1.29 bits per heavy atom. The monoisotopic (exact) mass is 334 g/mol. The highest BCUT2D eigenvalue weighted by atomic mass is 16.5. The van der Waals surface area contributed by atoms with E-state index in [0.717, 1.165) is 38.1 Å². The first-order valence-corrected chi connectivity index (χ1v) is 8.96. The number of likely N-dealkylation sites (tertiary alicyclic amines) is 1. The molecule has 0 radical (unpaired) electrons. The molecule has 1 heterocycles. The number of rotatable bonds is 7. The van der Waals surface area contributed by atoms with Gasteiger partial charge in [-0.15, -0.1) is 0 Å². The Bertz CT molecular complexity index is 504. The minimum atomic E-state index is 0.0863. The fraction of sp³-hybridized carbons (Fsp3) is 0.632. The second-order valence-corrected chi connectivity index (χ2v) is 6.32. The molecular formula is C19H30N2O3. The Kier molecular flexibility index (Phi) is 7.53. The highest BCUT2D eigenvalue weighted by Gasteiger charge is 2.27. The predicted molar refractivity (Wildman–Crippen MR) is 95.1 cm³/mol. The van der Waals surface area contributed by atoms with Crippen molar-refractivity contribution in [2.45, 2.75) is 38.6 Å². The maximum atomic E-state index is 12.9. The van der Waals surface area contributed by atoms with Crippen LogP contribution in [0.2, 0.25) is 0 Å². The molecule has 1 saturated heterocycles. The van der Waals surface area contributed by atoms with Crippen molar-refractivity contribution in [3.63, 3.8) is 0 Å². The van der Waals surface area contributed by atoms with Crippen molar-refractivity contribution >= 4 is 5.91 Å². The van der Waals surface area contributed by atoms with Gasteiger partial charge in [0.25, 0.3) is 0 Å². The third-order valence-corrected chi connectivity index (χ3v) is 4.80. The van der Waals surface area contributed by atoms with E-state index in [-0.39, 0.29) is 18.6 Å². The molecule has 0 aromatic heterocycles. The first kappa shape index (κ1) is 18.7. The third kappa shape index (κ3) is 4.95. The number of amides is 1. The van der Waals surface area contributed by atoms with Crippen molar-refractivity contribution in [2.75, 3.05) is 39.9 Å². The van der Waals surface area contributed by atoms with Crippen molar-refractivity contribution in [3.05, 3.63) is 29.8 Å². The zero-order valence-corrected chi connectivity index (χ0v) is 14.9. The molecule has 0 aliphatic carbocycles. The number of nitrogens with zero attached hydrogens (tertiary/aromatic N) is 2. The molecule has 1 aliphatic heterocycles. The smallest absolute Gasteiger partial charge is 0.237 e. The van der Waals surface area contributed by atoms with Gasteiger partial charge in [0.2, 0.25) is 5.91 Å². The van der Waals surface area contributed by atoms with Crippen LogP contribution in [0.3, 0.4) is 0 Å². The number of benzene rings is 1. The summed E-state index contributed by atoms with van der Waals surface area (Å²) in [6.07, 6.45) is 4.38. The topological polar surface area (TPSA) is 53.0 Å². The summed E-state index contributed by atoms with van der Waals surface area (Å²) >= 11 is 0. The molecule has 1 aliphatic rings. The lowest BCUT2D eigenvalue weighted by molar-refractivity contribution is -0.135.